The molecule has 0 heterocycles. The van der Waals surface area contributed by atoms with Crippen LogP contribution in [0.15, 0.2) is 47.6 Å². The molecule has 12 atom stereocenters. The molecule has 8 aliphatic rings. The van der Waals surface area contributed by atoms with E-state index in [1.165, 1.54) is 5.57 Å². The standard InChI is InChI=1S/C19H28O3.C19H24O3.2C2H4O2/c2*1-18-8-7-16-14(15(18)4-5-17(18)22)3-2-12-10-13(21)6-9-19(12,16)11-20;2*1-2(3)4/h10,14-17,20,22H,2-9,11H2,1H3;2-3,6,9-10,14-17,20,22H,4-5,7-8,11H2,1H3;2*1H3,(H,3,4)/t2*14-,15-,16-,17-,18-,19+;;/m00../s1. The molecular weight excluding hydrogens is 664 g/mol. The van der Waals surface area contributed by atoms with Gasteiger partial charge in [0.25, 0.3) is 11.9 Å². The van der Waals surface area contributed by atoms with E-state index in [-0.39, 0.29) is 53.2 Å². The third-order valence-corrected chi connectivity index (χ3v) is 15.0. The Balaban J connectivity index is 0.000000167. The molecule has 10 nitrogen and oxygen atoms in total. The van der Waals surface area contributed by atoms with Gasteiger partial charge in [-0.1, -0.05) is 37.6 Å². The molecule has 8 aliphatic carbocycles. The summed E-state index contributed by atoms with van der Waals surface area (Å²) in [4.78, 5) is 41.5. The number of ketones is 2. The van der Waals surface area contributed by atoms with Gasteiger partial charge in [0.05, 0.1) is 25.4 Å². The molecule has 0 radical (unpaired) electrons. The molecule has 8 rings (SSSR count). The predicted molar refractivity (Wildman–Crippen MR) is 195 cm³/mol. The summed E-state index contributed by atoms with van der Waals surface area (Å²) in [7, 11) is 0. The first kappa shape index (κ1) is 40.3. The monoisotopic (exact) mass is 724 g/mol. The molecule has 10 heteroatoms. The molecule has 0 aliphatic heterocycles. The molecule has 52 heavy (non-hydrogen) atoms. The summed E-state index contributed by atoms with van der Waals surface area (Å²) < 4.78 is 0. The fraction of sp³-hybridized carbons (Fsp3) is 0.714. The third-order valence-electron chi connectivity index (χ3n) is 15.0. The lowest BCUT2D eigenvalue weighted by Gasteiger charge is -2.58. The van der Waals surface area contributed by atoms with Crippen LogP contribution in [0.3, 0.4) is 0 Å². The number of carbonyl (C=O) groups excluding carboxylic acids is 2. The van der Waals surface area contributed by atoms with Gasteiger partial charge in [-0.3, -0.25) is 19.2 Å². The molecule has 5 saturated carbocycles. The van der Waals surface area contributed by atoms with Crippen molar-refractivity contribution in [2.45, 2.75) is 117 Å². The van der Waals surface area contributed by atoms with E-state index in [4.69, 9.17) is 19.8 Å². The number of aliphatic hydroxyl groups is 4. The van der Waals surface area contributed by atoms with E-state index in [1.54, 1.807) is 12.2 Å². The molecule has 0 aromatic carbocycles. The number of carboxylic acids is 2. The third kappa shape index (κ3) is 7.05. The molecule has 0 spiro atoms. The van der Waals surface area contributed by atoms with Crippen molar-refractivity contribution in [1.29, 1.82) is 0 Å². The maximum Gasteiger partial charge on any atom is 0.300 e. The maximum atomic E-state index is 11.8. The Morgan fingerprint density at radius 2 is 1.29 bits per heavy atom. The smallest absolute Gasteiger partial charge is 0.300 e. The Kier molecular flexibility index (Phi) is 12.0. The Hall–Kier alpha value is -2.92. The molecule has 6 N–H and O–H groups in total. The molecule has 288 valence electrons. The minimum atomic E-state index is -0.833. The summed E-state index contributed by atoms with van der Waals surface area (Å²) in [6, 6.07) is 0. The van der Waals surface area contributed by atoms with E-state index >= 15 is 0 Å². The van der Waals surface area contributed by atoms with Crippen LogP contribution in [-0.2, 0) is 19.2 Å². The fourth-order valence-corrected chi connectivity index (χ4v) is 12.3. The summed E-state index contributed by atoms with van der Waals surface area (Å²) in [5.41, 5.74) is 1.76. The van der Waals surface area contributed by atoms with Gasteiger partial charge in [-0.05, 0) is 141 Å². The van der Waals surface area contributed by atoms with Crippen LogP contribution in [0, 0.1) is 57.2 Å². The van der Waals surface area contributed by atoms with Crippen molar-refractivity contribution in [3.63, 3.8) is 0 Å². The number of carboxylic acid groups (broad SMARTS) is 2. The van der Waals surface area contributed by atoms with Crippen LogP contribution in [0.5, 0.6) is 0 Å². The van der Waals surface area contributed by atoms with Crippen molar-refractivity contribution in [2.75, 3.05) is 13.2 Å². The number of aliphatic hydroxyl groups excluding tert-OH is 4. The highest BCUT2D eigenvalue weighted by atomic mass is 16.4. The molecule has 0 saturated heterocycles. The molecule has 5 fully saturated rings. The summed E-state index contributed by atoms with van der Waals surface area (Å²) in [6.45, 7) is 6.93. The SMILES string of the molecule is CC(=O)O.CC(=O)O.C[C@]12CC[C@H]3[C@@H](C=CC4=CC(=O)C=C[C@@]43CO)[C@@H]1CC[C@@H]2O.C[C@]12CC[C@H]3[C@@H](CCC4=CC(=O)CC[C@@]43CO)[C@@H]1CC[C@@H]2O. The summed E-state index contributed by atoms with van der Waals surface area (Å²) in [6.07, 6.45) is 22.8. The maximum absolute atomic E-state index is 11.8. The second kappa shape index (κ2) is 15.4. The highest BCUT2D eigenvalue weighted by molar-refractivity contribution is 6.01. The average molecular weight is 725 g/mol. The second-order valence-corrected chi connectivity index (χ2v) is 17.4. The number of hydrogen-bond donors (Lipinski definition) is 6. The topological polar surface area (TPSA) is 190 Å². The largest absolute Gasteiger partial charge is 0.481 e. The van der Waals surface area contributed by atoms with Crippen molar-refractivity contribution in [2.24, 2.45) is 57.2 Å². The summed E-state index contributed by atoms with van der Waals surface area (Å²) in [5, 5.41) is 56.1. The first-order chi connectivity index (χ1) is 24.5. The van der Waals surface area contributed by atoms with Crippen molar-refractivity contribution < 1.29 is 49.8 Å². The van der Waals surface area contributed by atoms with Crippen molar-refractivity contribution in [3.8, 4) is 0 Å². The number of fused-ring (bicyclic) bond motifs is 10. The highest BCUT2D eigenvalue weighted by Crippen LogP contribution is 2.66. The van der Waals surface area contributed by atoms with Gasteiger partial charge in [-0.15, -0.1) is 0 Å². The predicted octanol–water partition coefficient (Wildman–Crippen LogP) is 5.44. The van der Waals surface area contributed by atoms with Crippen LogP contribution in [0.1, 0.15) is 105 Å². The molecule has 0 amide bonds. The minimum absolute atomic E-state index is 0.0115. The zero-order valence-electron chi connectivity index (χ0n) is 31.3. The van der Waals surface area contributed by atoms with Gasteiger partial charge in [-0.25, -0.2) is 0 Å². The Morgan fingerprint density at radius 3 is 1.88 bits per heavy atom. The lowest BCUT2D eigenvalue weighted by atomic mass is 9.47. The van der Waals surface area contributed by atoms with E-state index in [0.717, 1.165) is 90.0 Å². The van der Waals surface area contributed by atoms with Gasteiger partial charge in [0.15, 0.2) is 11.6 Å². The van der Waals surface area contributed by atoms with E-state index < -0.39 is 17.4 Å². The lowest BCUT2D eigenvalue weighted by molar-refractivity contribution is -0.135. The molecule has 0 bridgehead atoms. The normalized spacial score (nSPS) is 43.4. The van der Waals surface area contributed by atoms with Crippen molar-refractivity contribution in [3.05, 3.63) is 47.6 Å². The van der Waals surface area contributed by atoms with Crippen LogP contribution in [-0.4, -0.2) is 79.6 Å². The Bertz CT molecular complexity index is 1510. The van der Waals surface area contributed by atoms with E-state index in [0.29, 0.717) is 41.9 Å². The van der Waals surface area contributed by atoms with E-state index in [2.05, 4.69) is 26.0 Å². The van der Waals surface area contributed by atoms with Gasteiger partial charge < -0.3 is 30.6 Å². The Labute approximate surface area is 307 Å². The number of hydrogen-bond acceptors (Lipinski definition) is 8. The van der Waals surface area contributed by atoms with E-state index in [9.17, 15) is 30.0 Å². The van der Waals surface area contributed by atoms with Gasteiger partial charge in [0.2, 0.25) is 0 Å². The molecule has 0 aromatic heterocycles. The average Bonchev–Trinajstić information content (AvgIpc) is 3.57. The quantitative estimate of drug-likeness (QED) is 0.214. The van der Waals surface area contributed by atoms with Gasteiger partial charge >= 0.3 is 0 Å². The number of allylic oxidation sites excluding steroid dienone is 4. The second-order valence-electron chi connectivity index (χ2n) is 17.4. The first-order valence-corrected chi connectivity index (χ1v) is 19.3. The summed E-state index contributed by atoms with van der Waals surface area (Å²) >= 11 is 0. The minimum Gasteiger partial charge on any atom is -0.481 e. The highest BCUT2D eigenvalue weighted by Gasteiger charge is 2.60. The zero-order chi connectivity index (χ0) is 38.2. The van der Waals surface area contributed by atoms with Gasteiger partial charge in [-0.2, -0.15) is 0 Å². The lowest BCUT2D eigenvalue weighted by Crippen LogP contribution is -2.53. The number of carbonyl (C=O) groups is 4. The number of rotatable bonds is 2. The molecular formula is C42H60O10. The van der Waals surface area contributed by atoms with Crippen LogP contribution >= 0.6 is 0 Å². The van der Waals surface area contributed by atoms with Crippen LogP contribution in [0.4, 0.5) is 0 Å². The van der Waals surface area contributed by atoms with Crippen LogP contribution < -0.4 is 0 Å². The molecule has 0 aromatic rings. The van der Waals surface area contributed by atoms with Crippen molar-refractivity contribution >= 4 is 23.5 Å². The van der Waals surface area contributed by atoms with Crippen LogP contribution in [0.25, 0.3) is 0 Å². The molecule has 0 unspecified atom stereocenters. The summed E-state index contributed by atoms with van der Waals surface area (Å²) in [5.74, 6) is 1.52. The zero-order valence-corrected chi connectivity index (χ0v) is 31.3. The van der Waals surface area contributed by atoms with Crippen molar-refractivity contribution in [1.82, 2.24) is 0 Å². The van der Waals surface area contributed by atoms with Crippen LogP contribution in [0.2, 0.25) is 0 Å². The van der Waals surface area contributed by atoms with Gasteiger partial charge in [0, 0.05) is 31.1 Å². The van der Waals surface area contributed by atoms with Gasteiger partial charge in [0.1, 0.15) is 0 Å². The Morgan fingerprint density at radius 1 is 0.712 bits per heavy atom. The first-order valence-electron chi connectivity index (χ1n) is 19.3. The fourth-order valence-electron chi connectivity index (χ4n) is 12.3. The number of aliphatic carboxylic acids is 2. The van der Waals surface area contributed by atoms with E-state index in [1.807, 2.05) is 12.2 Å².